The molecule has 2 nitrogen and oxygen atoms in total. The molecule has 2 aromatic carbocycles. The fourth-order valence-corrected chi connectivity index (χ4v) is 1.83. The fourth-order valence-electron chi connectivity index (χ4n) is 1.83. The van der Waals surface area contributed by atoms with Crippen LogP contribution in [-0.2, 0) is 12.7 Å². The van der Waals surface area contributed by atoms with E-state index < -0.39 is 17.6 Å². The molecule has 0 bridgehead atoms. The number of ether oxygens (including phenoxy) is 1. The average Bonchev–Trinajstić information content (AvgIpc) is 2.48. The summed E-state index contributed by atoms with van der Waals surface area (Å²) in [5.41, 5.74) is -0.210. The zero-order valence-electron chi connectivity index (χ0n) is 11.7. The number of benzene rings is 2. The van der Waals surface area contributed by atoms with Gasteiger partial charge in [-0.2, -0.15) is 13.2 Å². The van der Waals surface area contributed by atoms with Crippen molar-refractivity contribution in [3.05, 3.63) is 65.0 Å². The van der Waals surface area contributed by atoms with Crippen molar-refractivity contribution in [2.24, 2.45) is 4.99 Å². The first-order chi connectivity index (χ1) is 10.4. The van der Waals surface area contributed by atoms with Crippen molar-refractivity contribution in [2.75, 3.05) is 7.11 Å². The Hall–Kier alpha value is -2.37. The van der Waals surface area contributed by atoms with Crippen LogP contribution >= 0.6 is 0 Å². The minimum atomic E-state index is -4.72. The molecule has 0 amide bonds. The number of aliphatic imine (C=N–C) groups is 1. The van der Waals surface area contributed by atoms with Gasteiger partial charge in [-0.3, -0.25) is 4.99 Å². The van der Waals surface area contributed by atoms with Crippen molar-refractivity contribution < 1.29 is 22.3 Å². The Morgan fingerprint density at radius 1 is 1.09 bits per heavy atom. The minimum absolute atomic E-state index is 0.197. The minimum Gasteiger partial charge on any atom is -0.497 e. The summed E-state index contributed by atoms with van der Waals surface area (Å²) in [6, 6.07) is 9.94. The Bertz CT molecular complexity index is 663. The van der Waals surface area contributed by atoms with Crippen LogP contribution < -0.4 is 4.74 Å². The highest BCUT2D eigenvalue weighted by atomic mass is 19.4. The molecule has 22 heavy (non-hydrogen) atoms. The van der Waals surface area contributed by atoms with E-state index in [0.29, 0.717) is 12.3 Å². The van der Waals surface area contributed by atoms with Gasteiger partial charge in [0.2, 0.25) is 0 Å². The number of hydrogen-bond acceptors (Lipinski definition) is 2. The van der Waals surface area contributed by atoms with Crippen LogP contribution in [0.3, 0.4) is 0 Å². The summed E-state index contributed by atoms with van der Waals surface area (Å²) in [5, 5.41) is 0. The van der Waals surface area contributed by atoms with Gasteiger partial charge in [0.25, 0.3) is 0 Å². The molecule has 0 aromatic heterocycles. The van der Waals surface area contributed by atoms with Crippen LogP contribution in [0.1, 0.15) is 16.7 Å². The average molecular weight is 311 g/mol. The second-order valence-electron chi connectivity index (χ2n) is 4.55. The molecule has 2 rings (SSSR count). The molecule has 0 unspecified atom stereocenters. The Morgan fingerprint density at radius 2 is 1.77 bits per heavy atom. The highest BCUT2D eigenvalue weighted by Gasteiger charge is 2.33. The second-order valence-corrected chi connectivity index (χ2v) is 4.55. The first-order valence-corrected chi connectivity index (χ1v) is 6.39. The summed E-state index contributed by atoms with van der Waals surface area (Å²) in [5.74, 6) is -0.583. The van der Waals surface area contributed by atoms with Crippen LogP contribution in [0.5, 0.6) is 5.75 Å². The summed E-state index contributed by atoms with van der Waals surface area (Å²) in [7, 11) is 1.56. The lowest BCUT2D eigenvalue weighted by Crippen LogP contribution is -2.08. The third-order valence-electron chi connectivity index (χ3n) is 2.97. The van der Waals surface area contributed by atoms with E-state index >= 15 is 0 Å². The highest BCUT2D eigenvalue weighted by Crippen LogP contribution is 2.31. The molecule has 0 spiro atoms. The molecule has 116 valence electrons. The first kappa shape index (κ1) is 16.0. The number of hydrogen-bond donors (Lipinski definition) is 0. The number of nitrogens with zero attached hydrogens (tertiary/aromatic N) is 1. The predicted octanol–water partition coefficient (Wildman–Crippen LogP) is 4.47. The predicted molar refractivity (Wildman–Crippen MR) is 75.7 cm³/mol. The van der Waals surface area contributed by atoms with E-state index in [0.717, 1.165) is 17.7 Å². The molecule has 0 saturated carbocycles. The van der Waals surface area contributed by atoms with Gasteiger partial charge in [-0.25, -0.2) is 4.39 Å². The molecule has 2 aromatic rings. The molecular formula is C16H13F4NO. The smallest absolute Gasteiger partial charge is 0.419 e. The van der Waals surface area contributed by atoms with Crippen LogP contribution in [0, 0.1) is 5.82 Å². The highest BCUT2D eigenvalue weighted by molar-refractivity contribution is 5.79. The molecule has 0 aliphatic heterocycles. The molecule has 0 radical (unpaired) electrons. The first-order valence-electron chi connectivity index (χ1n) is 6.39. The molecule has 0 saturated heterocycles. The summed E-state index contributed by atoms with van der Waals surface area (Å²) in [6.07, 6.45) is -3.43. The van der Waals surface area contributed by atoms with Crippen LogP contribution in [0.4, 0.5) is 17.6 Å². The zero-order valence-corrected chi connectivity index (χ0v) is 11.7. The number of rotatable bonds is 4. The molecule has 0 heterocycles. The third kappa shape index (κ3) is 4.07. The van der Waals surface area contributed by atoms with Crippen molar-refractivity contribution >= 4 is 6.21 Å². The van der Waals surface area contributed by atoms with Crippen molar-refractivity contribution in [1.82, 2.24) is 0 Å². The van der Waals surface area contributed by atoms with E-state index in [2.05, 4.69) is 4.99 Å². The maximum absolute atomic E-state index is 13.1. The molecule has 0 aliphatic carbocycles. The maximum atomic E-state index is 13.1. The Morgan fingerprint density at radius 3 is 2.36 bits per heavy atom. The summed E-state index contributed by atoms with van der Waals surface area (Å²) in [4.78, 5) is 4.06. The van der Waals surface area contributed by atoms with Gasteiger partial charge < -0.3 is 4.74 Å². The van der Waals surface area contributed by atoms with E-state index in [4.69, 9.17) is 4.74 Å². The monoisotopic (exact) mass is 311 g/mol. The molecule has 0 N–H and O–H groups in total. The standard InChI is InChI=1S/C16H13F4NO/c1-22-13-5-2-11(3-6-13)9-21-10-12-4-7-15(17)14(8-12)16(18,19)20/h2-8,10H,9H2,1H3. The van der Waals surface area contributed by atoms with Crippen molar-refractivity contribution in [3.63, 3.8) is 0 Å². The van der Waals surface area contributed by atoms with Gasteiger partial charge in [-0.05, 0) is 35.4 Å². The van der Waals surface area contributed by atoms with Crippen LogP contribution in [-0.4, -0.2) is 13.3 Å². The molecule has 6 heteroatoms. The normalized spacial score (nSPS) is 11.9. The lowest BCUT2D eigenvalue weighted by molar-refractivity contribution is -0.140. The van der Waals surface area contributed by atoms with Crippen LogP contribution in [0.2, 0.25) is 0 Å². The largest absolute Gasteiger partial charge is 0.497 e. The Balaban J connectivity index is 2.09. The number of alkyl halides is 3. The summed E-state index contributed by atoms with van der Waals surface area (Å²) >= 11 is 0. The quantitative estimate of drug-likeness (QED) is 0.603. The van der Waals surface area contributed by atoms with Gasteiger partial charge >= 0.3 is 6.18 Å². The van der Waals surface area contributed by atoms with Crippen LogP contribution in [0.25, 0.3) is 0 Å². The molecule has 0 atom stereocenters. The van der Waals surface area contributed by atoms with Gasteiger partial charge in [0.05, 0.1) is 19.2 Å². The van der Waals surface area contributed by atoms with Gasteiger partial charge in [-0.1, -0.05) is 18.2 Å². The Kier molecular flexibility index (Phi) is 4.80. The summed E-state index contributed by atoms with van der Waals surface area (Å²) < 4.78 is 55.9. The lowest BCUT2D eigenvalue weighted by atomic mass is 10.1. The van der Waals surface area contributed by atoms with E-state index in [1.54, 1.807) is 19.2 Å². The summed E-state index contributed by atoms with van der Waals surface area (Å²) in [6.45, 7) is 0.308. The van der Waals surface area contributed by atoms with Crippen molar-refractivity contribution in [2.45, 2.75) is 12.7 Å². The van der Waals surface area contributed by atoms with Gasteiger partial charge in [0.1, 0.15) is 11.6 Å². The maximum Gasteiger partial charge on any atom is 0.419 e. The van der Waals surface area contributed by atoms with Gasteiger partial charge in [0.15, 0.2) is 0 Å². The van der Waals surface area contributed by atoms with Gasteiger partial charge in [0, 0.05) is 6.21 Å². The fraction of sp³-hybridized carbons (Fsp3) is 0.188. The van der Waals surface area contributed by atoms with E-state index in [9.17, 15) is 17.6 Å². The number of methoxy groups -OCH3 is 1. The third-order valence-corrected chi connectivity index (χ3v) is 2.97. The SMILES string of the molecule is COc1ccc(CN=Cc2ccc(F)c(C(F)(F)F)c2)cc1. The van der Waals surface area contributed by atoms with E-state index in [1.807, 2.05) is 12.1 Å². The van der Waals surface area contributed by atoms with Gasteiger partial charge in [-0.15, -0.1) is 0 Å². The topological polar surface area (TPSA) is 21.6 Å². The second kappa shape index (κ2) is 6.60. The van der Waals surface area contributed by atoms with Crippen LogP contribution in [0.15, 0.2) is 47.5 Å². The molecule has 0 aliphatic rings. The lowest BCUT2D eigenvalue weighted by Gasteiger charge is -2.08. The van der Waals surface area contributed by atoms with Crippen molar-refractivity contribution in [3.8, 4) is 5.75 Å². The Labute approximate surface area is 125 Å². The van der Waals surface area contributed by atoms with E-state index in [1.165, 1.54) is 12.3 Å². The molecule has 0 fully saturated rings. The van der Waals surface area contributed by atoms with E-state index in [-0.39, 0.29) is 5.56 Å². The zero-order chi connectivity index (χ0) is 16.2. The molecular weight excluding hydrogens is 298 g/mol. The van der Waals surface area contributed by atoms with Crippen molar-refractivity contribution in [1.29, 1.82) is 0 Å². The number of halogens is 4.